The van der Waals surface area contributed by atoms with Crippen molar-refractivity contribution in [1.82, 2.24) is 10.2 Å². The number of fused-ring (bicyclic) bond motifs is 1. The molecule has 2 nitrogen and oxygen atoms in total. The summed E-state index contributed by atoms with van der Waals surface area (Å²) in [5, 5.41) is 3.78. The molecule has 21 heavy (non-hydrogen) atoms. The SMILES string of the molecule is CCC1CCN(C2CCc3ccccc3C2)CCC(C)N1. The Kier molecular flexibility index (Phi) is 4.97. The van der Waals surface area contributed by atoms with Gasteiger partial charge in [-0.05, 0) is 69.7 Å². The molecular weight excluding hydrogens is 256 g/mol. The Morgan fingerprint density at radius 1 is 1.10 bits per heavy atom. The van der Waals surface area contributed by atoms with Gasteiger partial charge in [-0.2, -0.15) is 0 Å². The summed E-state index contributed by atoms with van der Waals surface area (Å²) in [6, 6.07) is 11.2. The van der Waals surface area contributed by atoms with Crippen LogP contribution in [0.15, 0.2) is 24.3 Å². The normalized spacial score (nSPS) is 31.2. The van der Waals surface area contributed by atoms with Gasteiger partial charge in [-0.1, -0.05) is 31.2 Å². The van der Waals surface area contributed by atoms with E-state index in [2.05, 4.69) is 48.3 Å². The van der Waals surface area contributed by atoms with Crippen molar-refractivity contribution in [3.05, 3.63) is 35.4 Å². The van der Waals surface area contributed by atoms with Crippen molar-refractivity contribution in [2.24, 2.45) is 0 Å². The summed E-state index contributed by atoms with van der Waals surface area (Å²) in [5.41, 5.74) is 3.18. The molecule has 1 aromatic carbocycles. The van der Waals surface area contributed by atoms with Gasteiger partial charge in [-0.25, -0.2) is 0 Å². The van der Waals surface area contributed by atoms with E-state index >= 15 is 0 Å². The Balaban J connectivity index is 1.66. The van der Waals surface area contributed by atoms with Crippen molar-refractivity contribution in [2.45, 2.75) is 70.5 Å². The van der Waals surface area contributed by atoms with E-state index in [9.17, 15) is 0 Å². The second kappa shape index (κ2) is 6.93. The number of aryl methyl sites for hydroxylation is 1. The molecule has 2 aliphatic rings. The first kappa shape index (κ1) is 15.1. The van der Waals surface area contributed by atoms with Crippen LogP contribution in [0.1, 0.15) is 50.7 Å². The molecule has 1 heterocycles. The second-order valence-corrected chi connectivity index (χ2v) is 6.95. The highest BCUT2D eigenvalue weighted by Gasteiger charge is 2.26. The monoisotopic (exact) mass is 286 g/mol. The Morgan fingerprint density at radius 3 is 2.67 bits per heavy atom. The van der Waals surface area contributed by atoms with E-state index in [1.807, 2.05) is 0 Å². The minimum atomic E-state index is 0.661. The molecular formula is C19H30N2. The summed E-state index contributed by atoms with van der Waals surface area (Å²) in [6.45, 7) is 7.19. The zero-order valence-electron chi connectivity index (χ0n) is 13.6. The van der Waals surface area contributed by atoms with Gasteiger partial charge in [0.1, 0.15) is 0 Å². The van der Waals surface area contributed by atoms with Gasteiger partial charge in [0.2, 0.25) is 0 Å². The van der Waals surface area contributed by atoms with Crippen LogP contribution < -0.4 is 5.32 Å². The van der Waals surface area contributed by atoms with Crippen molar-refractivity contribution in [3.8, 4) is 0 Å². The minimum Gasteiger partial charge on any atom is -0.311 e. The molecule has 3 unspecified atom stereocenters. The zero-order valence-corrected chi connectivity index (χ0v) is 13.6. The number of rotatable bonds is 2. The van der Waals surface area contributed by atoms with E-state index in [4.69, 9.17) is 0 Å². The van der Waals surface area contributed by atoms with Gasteiger partial charge in [0.25, 0.3) is 0 Å². The van der Waals surface area contributed by atoms with Gasteiger partial charge < -0.3 is 5.32 Å². The highest BCUT2D eigenvalue weighted by molar-refractivity contribution is 5.30. The lowest BCUT2D eigenvalue weighted by Crippen LogP contribution is -2.48. The van der Waals surface area contributed by atoms with Crippen LogP contribution in [-0.4, -0.2) is 36.1 Å². The van der Waals surface area contributed by atoms with Gasteiger partial charge in [-0.15, -0.1) is 0 Å². The lowest BCUT2D eigenvalue weighted by atomic mass is 9.87. The van der Waals surface area contributed by atoms with Gasteiger partial charge in [0.05, 0.1) is 0 Å². The standard InChI is InChI=1S/C19H30N2/c1-3-18-11-13-21(12-10-15(2)20-18)19-9-8-16-6-4-5-7-17(16)14-19/h4-7,15,18-20H,3,8-14H2,1-2H3. The van der Waals surface area contributed by atoms with Crippen molar-refractivity contribution >= 4 is 0 Å². The average Bonchev–Trinajstić information content (AvgIpc) is 2.51. The zero-order chi connectivity index (χ0) is 14.7. The third-order valence-corrected chi connectivity index (χ3v) is 5.46. The lowest BCUT2D eigenvalue weighted by Gasteiger charge is -2.39. The summed E-state index contributed by atoms with van der Waals surface area (Å²) < 4.78 is 0. The van der Waals surface area contributed by atoms with E-state index in [-0.39, 0.29) is 0 Å². The molecule has 1 saturated heterocycles. The number of nitrogens with one attached hydrogen (secondary N) is 1. The topological polar surface area (TPSA) is 15.3 Å². The summed E-state index contributed by atoms with van der Waals surface area (Å²) >= 11 is 0. The van der Waals surface area contributed by atoms with Crippen molar-refractivity contribution < 1.29 is 0 Å². The fraction of sp³-hybridized carbons (Fsp3) is 0.684. The van der Waals surface area contributed by atoms with Crippen molar-refractivity contribution in [1.29, 1.82) is 0 Å². The maximum absolute atomic E-state index is 3.78. The number of nitrogens with zero attached hydrogens (tertiary/aromatic N) is 1. The number of hydrogen-bond acceptors (Lipinski definition) is 2. The molecule has 3 rings (SSSR count). The highest BCUT2D eigenvalue weighted by atomic mass is 15.2. The molecule has 1 fully saturated rings. The molecule has 0 saturated carbocycles. The van der Waals surface area contributed by atoms with E-state index in [0.717, 1.165) is 6.04 Å². The Morgan fingerprint density at radius 2 is 1.86 bits per heavy atom. The van der Waals surface area contributed by atoms with Crippen LogP contribution in [0, 0.1) is 0 Å². The van der Waals surface area contributed by atoms with E-state index < -0.39 is 0 Å². The van der Waals surface area contributed by atoms with Crippen molar-refractivity contribution in [2.75, 3.05) is 13.1 Å². The smallest absolute Gasteiger partial charge is 0.0139 e. The molecule has 116 valence electrons. The van der Waals surface area contributed by atoms with E-state index in [0.29, 0.717) is 12.1 Å². The van der Waals surface area contributed by atoms with Crippen LogP contribution in [0.4, 0.5) is 0 Å². The van der Waals surface area contributed by atoms with E-state index in [1.165, 1.54) is 51.6 Å². The molecule has 2 heteroatoms. The molecule has 1 aliphatic carbocycles. The van der Waals surface area contributed by atoms with Crippen LogP contribution in [0.5, 0.6) is 0 Å². The molecule has 0 amide bonds. The summed E-state index contributed by atoms with van der Waals surface area (Å²) in [4.78, 5) is 2.79. The summed E-state index contributed by atoms with van der Waals surface area (Å²) in [7, 11) is 0. The maximum Gasteiger partial charge on any atom is 0.0139 e. The Bertz CT molecular complexity index is 457. The van der Waals surface area contributed by atoms with Crippen LogP contribution in [-0.2, 0) is 12.8 Å². The molecule has 0 bridgehead atoms. The van der Waals surface area contributed by atoms with Gasteiger partial charge >= 0.3 is 0 Å². The first-order valence-corrected chi connectivity index (χ1v) is 8.83. The Hall–Kier alpha value is -0.860. The number of hydrogen-bond donors (Lipinski definition) is 1. The van der Waals surface area contributed by atoms with E-state index in [1.54, 1.807) is 11.1 Å². The number of benzene rings is 1. The van der Waals surface area contributed by atoms with Gasteiger partial charge in [0.15, 0.2) is 0 Å². The molecule has 0 spiro atoms. The molecule has 1 aliphatic heterocycles. The molecule has 1 N–H and O–H groups in total. The average molecular weight is 286 g/mol. The summed E-state index contributed by atoms with van der Waals surface area (Å²) in [5.74, 6) is 0. The molecule has 0 aromatic heterocycles. The predicted octanol–water partition coefficient (Wildman–Crippen LogP) is 3.40. The Labute approximate surface area is 129 Å². The third kappa shape index (κ3) is 3.67. The van der Waals surface area contributed by atoms with Crippen LogP contribution in [0.3, 0.4) is 0 Å². The van der Waals surface area contributed by atoms with Crippen LogP contribution >= 0.6 is 0 Å². The predicted molar refractivity (Wildman–Crippen MR) is 89.7 cm³/mol. The minimum absolute atomic E-state index is 0.661. The highest BCUT2D eigenvalue weighted by Crippen LogP contribution is 2.25. The largest absolute Gasteiger partial charge is 0.311 e. The second-order valence-electron chi connectivity index (χ2n) is 6.95. The fourth-order valence-corrected chi connectivity index (χ4v) is 4.04. The lowest BCUT2D eigenvalue weighted by molar-refractivity contribution is 0.146. The van der Waals surface area contributed by atoms with Crippen molar-refractivity contribution in [3.63, 3.8) is 0 Å². The van der Waals surface area contributed by atoms with Crippen LogP contribution in [0.2, 0.25) is 0 Å². The first-order chi connectivity index (χ1) is 10.3. The van der Waals surface area contributed by atoms with Crippen LogP contribution in [0.25, 0.3) is 0 Å². The van der Waals surface area contributed by atoms with Gasteiger partial charge in [0, 0.05) is 18.1 Å². The molecule has 3 atom stereocenters. The fourth-order valence-electron chi connectivity index (χ4n) is 4.04. The quantitative estimate of drug-likeness (QED) is 0.896. The molecule has 1 aromatic rings. The van der Waals surface area contributed by atoms with Gasteiger partial charge in [-0.3, -0.25) is 4.90 Å². The first-order valence-electron chi connectivity index (χ1n) is 8.83. The maximum atomic E-state index is 3.78. The summed E-state index contributed by atoms with van der Waals surface area (Å²) in [6.07, 6.45) is 7.71. The third-order valence-electron chi connectivity index (χ3n) is 5.46. The molecule has 0 radical (unpaired) electrons.